The second kappa shape index (κ2) is 11.6. The van der Waals surface area contributed by atoms with E-state index in [1.54, 1.807) is 18.2 Å². The van der Waals surface area contributed by atoms with Crippen LogP contribution in [0.5, 0.6) is 11.5 Å². The summed E-state index contributed by atoms with van der Waals surface area (Å²) in [5.41, 5.74) is 18.9. The van der Waals surface area contributed by atoms with Gasteiger partial charge in [0.25, 0.3) is 5.91 Å². The molecular weight excluding hydrogens is 564 g/mol. The molecule has 1 amide bonds. The molecule has 0 saturated carbocycles. The van der Waals surface area contributed by atoms with Crippen molar-refractivity contribution in [1.82, 2.24) is 5.32 Å². The number of hydrogen-bond donors (Lipinski definition) is 4. The Bertz CT molecular complexity index is 2100. The van der Waals surface area contributed by atoms with Crippen molar-refractivity contribution in [2.75, 3.05) is 30.5 Å². The summed E-state index contributed by atoms with van der Waals surface area (Å²) in [6.45, 7) is 4.21. The molecule has 0 aromatic heterocycles. The Labute approximate surface area is 260 Å². The van der Waals surface area contributed by atoms with Crippen molar-refractivity contribution < 1.29 is 19.4 Å². The number of carbonyl (C=O) groups is 2. The number of nitrogens with two attached hydrogens (primary N) is 2. The topological polar surface area (TPSA) is 131 Å². The Morgan fingerprint density at radius 2 is 1.51 bits per heavy atom. The van der Waals surface area contributed by atoms with Crippen molar-refractivity contribution in [3.05, 3.63) is 135 Å². The molecule has 0 atom stereocenters. The third-order valence-corrected chi connectivity index (χ3v) is 7.86. The van der Waals surface area contributed by atoms with Gasteiger partial charge in [-0.1, -0.05) is 43.0 Å². The Morgan fingerprint density at radius 1 is 0.800 bits per heavy atom. The Balaban J connectivity index is 1.38. The first-order valence-electron chi connectivity index (χ1n) is 14.3. The van der Waals surface area contributed by atoms with Crippen molar-refractivity contribution in [2.45, 2.75) is 6.54 Å². The Hall–Kier alpha value is -6.02. The zero-order valence-electron chi connectivity index (χ0n) is 24.9. The van der Waals surface area contributed by atoms with Gasteiger partial charge >= 0.3 is 5.97 Å². The van der Waals surface area contributed by atoms with Gasteiger partial charge in [-0.2, -0.15) is 0 Å². The number of ether oxygens (including phenoxy) is 1. The monoisotopic (exact) mass is 596 g/mol. The second-order valence-electron chi connectivity index (χ2n) is 11.2. The number of nitrogen functional groups attached to an aromatic ring is 2. The number of amides is 1. The fraction of sp³-hybridized carbons (Fsp3) is 0.0811. The summed E-state index contributed by atoms with van der Waals surface area (Å²) >= 11 is 0. The maximum absolute atomic E-state index is 13.4. The SMILES string of the molecule is C=c1ccc2c(c1)Oc1cc(N(C)C)ccc1C=2c1ccc(C(=O)NCc2cc(N)ccc2-c2ccc(N)cc2)cc1C(=O)O. The molecular formula is C37H32N4O4. The molecule has 1 heterocycles. The van der Waals surface area contributed by atoms with Gasteiger partial charge in [0.2, 0.25) is 0 Å². The first kappa shape index (κ1) is 29.1. The summed E-state index contributed by atoms with van der Waals surface area (Å²) in [5.74, 6) is -0.378. The van der Waals surface area contributed by atoms with E-state index < -0.39 is 11.9 Å². The van der Waals surface area contributed by atoms with Crippen LogP contribution in [0.4, 0.5) is 17.1 Å². The summed E-state index contributed by atoms with van der Waals surface area (Å²) in [4.78, 5) is 28.1. The predicted molar refractivity (Wildman–Crippen MR) is 179 cm³/mol. The van der Waals surface area contributed by atoms with Crippen LogP contribution in [0.15, 0.2) is 97.1 Å². The molecule has 0 spiro atoms. The lowest BCUT2D eigenvalue weighted by molar-refractivity contribution is 0.0696. The molecule has 0 unspecified atom stereocenters. The van der Waals surface area contributed by atoms with Crippen LogP contribution in [0.3, 0.4) is 0 Å². The van der Waals surface area contributed by atoms with E-state index in [4.69, 9.17) is 16.2 Å². The number of carboxylic acid groups (broad SMARTS) is 1. The normalized spacial score (nSPS) is 11.6. The molecule has 0 radical (unpaired) electrons. The third-order valence-electron chi connectivity index (χ3n) is 7.86. The van der Waals surface area contributed by atoms with Crippen molar-refractivity contribution in [2.24, 2.45) is 0 Å². The van der Waals surface area contributed by atoms with Gasteiger partial charge in [-0.25, -0.2) is 4.79 Å². The van der Waals surface area contributed by atoms with Crippen molar-refractivity contribution in [1.29, 1.82) is 0 Å². The van der Waals surface area contributed by atoms with E-state index in [1.807, 2.05) is 91.8 Å². The maximum atomic E-state index is 13.4. The summed E-state index contributed by atoms with van der Waals surface area (Å²) in [6, 6.07) is 29.1. The highest BCUT2D eigenvalue weighted by molar-refractivity contribution is 6.02. The van der Waals surface area contributed by atoms with Gasteiger partial charge < -0.3 is 31.5 Å². The maximum Gasteiger partial charge on any atom is 0.336 e. The average molecular weight is 597 g/mol. The van der Waals surface area contributed by atoms with Gasteiger partial charge in [0.1, 0.15) is 11.5 Å². The third kappa shape index (κ3) is 5.69. The molecule has 1 aliphatic heterocycles. The summed E-state index contributed by atoms with van der Waals surface area (Å²) in [6.07, 6.45) is 0. The minimum absolute atomic E-state index is 0.00152. The lowest BCUT2D eigenvalue weighted by Crippen LogP contribution is -2.24. The van der Waals surface area contributed by atoms with Crippen LogP contribution < -0.4 is 36.9 Å². The number of nitrogens with one attached hydrogen (secondary N) is 1. The van der Waals surface area contributed by atoms with Gasteiger partial charge in [-0.15, -0.1) is 0 Å². The predicted octanol–water partition coefficient (Wildman–Crippen LogP) is 4.98. The van der Waals surface area contributed by atoms with E-state index in [1.165, 1.54) is 6.07 Å². The fourth-order valence-electron chi connectivity index (χ4n) is 5.55. The van der Waals surface area contributed by atoms with E-state index in [9.17, 15) is 14.7 Å². The number of hydrogen-bond acceptors (Lipinski definition) is 6. The number of rotatable bonds is 7. The molecule has 0 fully saturated rings. The molecule has 5 aromatic rings. The molecule has 0 aliphatic carbocycles. The van der Waals surface area contributed by atoms with Gasteiger partial charge in [0.05, 0.1) is 5.56 Å². The minimum atomic E-state index is -1.15. The van der Waals surface area contributed by atoms with Crippen molar-refractivity contribution >= 4 is 41.1 Å². The summed E-state index contributed by atoms with van der Waals surface area (Å²) in [5, 5.41) is 14.8. The summed E-state index contributed by atoms with van der Waals surface area (Å²) < 4.78 is 6.28. The standard InChI is InChI=1S/C37H32N4O4/c1-21-4-12-30-33(16-21)45-34-19-27(41(2)3)11-15-31(34)35(30)29-13-7-23(18-32(29)37(43)44)36(42)40-20-24-17-26(39)10-14-28(24)22-5-8-25(38)9-6-22/h4-19H,1,20,38-39H2,2-3H3,(H,40,42)(H,43,44). The molecule has 6 rings (SSSR count). The zero-order chi connectivity index (χ0) is 31.8. The average Bonchev–Trinajstić information content (AvgIpc) is 3.02. The Kier molecular flexibility index (Phi) is 7.48. The van der Waals surface area contributed by atoms with Crippen LogP contribution in [-0.2, 0) is 6.54 Å². The molecule has 8 heteroatoms. The minimum Gasteiger partial charge on any atom is -0.478 e. The van der Waals surface area contributed by atoms with Crippen LogP contribution in [0.25, 0.3) is 23.3 Å². The lowest BCUT2D eigenvalue weighted by atomic mass is 9.88. The summed E-state index contributed by atoms with van der Waals surface area (Å²) in [7, 11) is 3.88. The van der Waals surface area contributed by atoms with E-state index in [0.717, 1.165) is 38.4 Å². The zero-order valence-corrected chi connectivity index (χ0v) is 24.9. The van der Waals surface area contributed by atoms with Gasteiger partial charge in [0.15, 0.2) is 0 Å². The highest BCUT2D eigenvalue weighted by Gasteiger charge is 2.25. The molecule has 5 aromatic carbocycles. The highest BCUT2D eigenvalue weighted by atomic mass is 16.5. The quantitative estimate of drug-likeness (QED) is 0.191. The van der Waals surface area contributed by atoms with E-state index >= 15 is 0 Å². The van der Waals surface area contributed by atoms with Crippen LogP contribution in [0.1, 0.15) is 37.4 Å². The molecule has 8 nitrogen and oxygen atoms in total. The molecule has 224 valence electrons. The number of anilines is 3. The number of fused-ring (bicyclic) bond motifs is 2. The van der Waals surface area contributed by atoms with Crippen LogP contribution in [0, 0.1) is 0 Å². The van der Waals surface area contributed by atoms with Gasteiger partial charge in [0, 0.05) is 65.7 Å². The molecule has 45 heavy (non-hydrogen) atoms. The molecule has 1 aliphatic rings. The first-order chi connectivity index (χ1) is 21.6. The lowest BCUT2D eigenvalue weighted by Gasteiger charge is -2.24. The van der Waals surface area contributed by atoms with Crippen LogP contribution in [-0.4, -0.2) is 31.1 Å². The second-order valence-corrected chi connectivity index (χ2v) is 11.2. The number of nitrogens with zero attached hydrogens (tertiary/aromatic N) is 1. The molecule has 0 saturated heterocycles. The number of benzene rings is 5. The van der Waals surface area contributed by atoms with E-state index in [2.05, 4.69) is 11.9 Å². The molecule has 6 N–H and O–H groups in total. The van der Waals surface area contributed by atoms with Gasteiger partial charge in [-0.05, 0) is 82.1 Å². The van der Waals surface area contributed by atoms with Crippen LogP contribution in [0.2, 0.25) is 0 Å². The first-order valence-corrected chi connectivity index (χ1v) is 14.3. The number of carbonyl (C=O) groups excluding carboxylic acids is 1. The smallest absolute Gasteiger partial charge is 0.336 e. The molecule has 0 bridgehead atoms. The largest absolute Gasteiger partial charge is 0.478 e. The number of aromatic carboxylic acids is 1. The Morgan fingerprint density at radius 3 is 2.24 bits per heavy atom. The van der Waals surface area contributed by atoms with E-state index in [0.29, 0.717) is 34.0 Å². The van der Waals surface area contributed by atoms with Crippen molar-refractivity contribution in [3.63, 3.8) is 0 Å². The van der Waals surface area contributed by atoms with Crippen LogP contribution >= 0.6 is 0 Å². The highest BCUT2D eigenvalue weighted by Crippen LogP contribution is 2.39. The fourth-order valence-corrected chi connectivity index (χ4v) is 5.55. The number of carboxylic acids is 1. The van der Waals surface area contributed by atoms with Gasteiger partial charge in [-0.3, -0.25) is 4.79 Å². The van der Waals surface area contributed by atoms with Crippen molar-refractivity contribution in [3.8, 4) is 22.6 Å². The van der Waals surface area contributed by atoms with E-state index in [-0.39, 0.29) is 17.7 Å².